The smallest absolute Gasteiger partial charge is 0.374 e. The maximum Gasteiger partial charge on any atom is 0.500 e. The van der Waals surface area contributed by atoms with Crippen LogP contribution in [0, 0.1) is 0 Å². The van der Waals surface area contributed by atoms with Crippen LogP contribution in [0.3, 0.4) is 0 Å². The summed E-state index contributed by atoms with van der Waals surface area (Å²) >= 11 is 0. The normalized spacial score (nSPS) is 13.8. The first-order valence-corrected chi connectivity index (χ1v) is 14.7. The van der Waals surface area contributed by atoms with Crippen molar-refractivity contribution in [2.75, 3.05) is 39.6 Å². The molecule has 186 valence electrons. The van der Waals surface area contributed by atoms with Crippen molar-refractivity contribution in [2.45, 2.75) is 104 Å². The topological polar surface area (TPSA) is 34.2 Å². The molecule has 0 atom stereocenters. The van der Waals surface area contributed by atoms with Crippen molar-refractivity contribution in [3.05, 3.63) is 12.4 Å². The zero-order valence-electron chi connectivity index (χ0n) is 20.9. The molecule has 0 aromatic carbocycles. The number of unbranched alkanes of at least 4 members (excludes halogenated alkanes) is 9. The molecule has 7 heteroatoms. The highest BCUT2D eigenvalue weighted by Gasteiger charge is 2.39. The van der Waals surface area contributed by atoms with Gasteiger partial charge < -0.3 is 23.1 Å². The number of hydrogen-bond donors (Lipinski definition) is 0. The fourth-order valence-electron chi connectivity index (χ4n) is 4.11. The fraction of sp³-hybridized carbons (Fsp3) is 0.917. The highest BCUT2D eigenvalue weighted by Crippen LogP contribution is 2.19. The lowest BCUT2D eigenvalue weighted by Gasteiger charge is -2.29. The Morgan fingerprint density at radius 1 is 0.613 bits per heavy atom. The first-order valence-electron chi connectivity index (χ1n) is 12.8. The predicted octanol–water partition coefficient (Wildman–Crippen LogP) is 6.97. The van der Waals surface area contributed by atoms with Gasteiger partial charge in [-0.25, -0.2) is 0 Å². The second kappa shape index (κ2) is 20.5. The molecule has 0 aromatic heterocycles. The van der Waals surface area contributed by atoms with Crippen LogP contribution in [-0.2, 0) is 13.3 Å². The van der Waals surface area contributed by atoms with Gasteiger partial charge in [0.25, 0.3) is 0 Å². The van der Waals surface area contributed by atoms with E-state index in [9.17, 15) is 0 Å². The van der Waals surface area contributed by atoms with Crippen molar-refractivity contribution < 1.29 is 13.3 Å². The molecule has 0 spiro atoms. The van der Waals surface area contributed by atoms with Gasteiger partial charge in [0.2, 0.25) is 0 Å². The van der Waals surface area contributed by atoms with E-state index in [0.29, 0.717) is 19.8 Å². The van der Waals surface area contributed by atoms with Gasteiger partial charge in [0.15, 0.2) is 0 Å². The summed E-state index contributed by atoms with van der Waals surface area (Å²) in [6.07, 6.45) is 19.5. The summed E-state index contributed by atoms with van der Waals surface area (Å²) in [5, 5.41) is 0. The molecular weight excluding hydrogens is 472 g/mol. The molecule has 0 amide bonds. The molecule has 0 unspecified atom stereocenters. The second-order valence-corrected chi connectivity index (χ2v) is 11.1. The van der Waals surface area contributed by atoms with Gasteiger partial charge in [0.1, 0.15) is 0 Å². The van der Waals surface area contributed by atoms with Crippen LogP contribution in [0.15, 0.2) is 12.4 Å². The minimum absolute atomic E-state index is 0. The summed E-state index contributed by atoms with van der Waals surface area (Å²) in [5.74, 6) is 0. The van der Waals surface area contributed by atoms with Gasteiger partial charge in [-0.15, -0.1) is 17.0 Å². The summed E-state index contributed by atoms with van der Waals surface area (Å²) in [4.78, 5) is 4.85. The van der Waals surface area contributed by atoms with Crippen molar-refractivity contribution in [3.63, 3.8) is 0 Å². The molecule has 0 radical (unpaired) electrons. The highest BCUT2D eigenvalue weighted by molar-refractivity contribution is 8.93. The van der Waals surface area contributed by atoms with Gasteiger partial charge in [-0.2, -0.15) is 0 Å². The van der Waals surface area contributed by atoms with E-state index in [1.54, 1.807) is 0 Å². The fourth-order valence-corrected chi connectivity index (χ4v) is 6.70. The molecule has 31 heavy (non-hydrogen) atoms. The van der Waals surface area contributed by atoms with Crippen molar-refractivity contribution in [2.24, 2.45) is 0 Å². The van der Waals surface area contributed by atoms with Crippen LogP contribution in [-0.4, -0.2) is 58.2 Å². The molecule has 5 nitrogen and oxygen atoms in total. The number of halogens is 1. The Balaban J connectivity index is 0.00000900. The summed E-state index contributed by atoms with van der Waals surface area (Å²) < 4.78 is 17.9. The third kappa shape index (κ3) is 14.6. The summed E-state index contributed by atoms with van der Waals surface area (Å²) in [5.41, 5.74) is 0. The predicted molar refractivity (Wildman–Crippen MR) is 140 cm³/mol. The first-order chi connectivity index (χ1) is 14.7. The van der Waals surface area contributed by atoms with Gasteiger partial charge in [-0.3, -0.25) is 0 Å². The summed E-state index contributed by atoms with van der Waals surface area (Å²) in [6.45, 7) is 13.6. The lowest BCUT2D eigenvalue weighted by molar-refractivity contribution is 0.0701. The zero-order valence-corrected chi connectivity index (χ0v) is 23.6. The van der Waals surface area contributed by atoms with Gasteiger partial charge in [0, 0.05) is 51.4 Å². The standard InChI is InChI=1S/C24H50N2O3Si.BrH/c1-5-9-10-11-12-13-14-15-16-17-19-25-21-22-26(24-25)20-18-23-30(27-6-2,28-7-3)29-8-4;/h21-22H,5-20,23-24H2,1-4H3;1H. The van der Waals surface area contributed by atoms with E-state index in [1.807, 2.05) is 20.8 Å². The molecule has 1 heterocycles. The minimum atomic E-state index is -2.50. The Bertz CT molecular complexity index is 413. The third-order valence-electron chi connectivity index (χ3n) is 5.67. The Morgan fingerprint density at radius 2 is 1.03 bits per heavy atom. The Labute approximate surface area is 205 Å². The molecule has 0 bridgehead atoms. The Hall–Kier alpha value is -0.0831. The molecule has 0 fully saturated rings. The van der Waals surface area contributed by atoms with E-state index < -0.39 is 8.80 Å². The van der Waals surface area contributed by atoms with Crippen LogP contribution >= 0.6 is 17.0 Å². The summed E-state index contributed by atoms with van der Waals surface area (Å²) in [6, 6.07) is 0.894. The molecule has 1 rings (SSSR count). The second-order valence-electron chi connectivity index (χ2n) is 8.33. The van der Waals surface area contributed by atoms with Crippen LogP contribution in [0.25, 0.3) is 0 Å². The lowest BCUT2D eigenvalue weighted by atomic mass is 10.1. The molecule has 1 aliphatic heterocycles. The summed E-state index contributed by atoms with van der Waals surface area (Å²) in [7, 11) is -2.50. The zero-order chi connectivity index (χ0) is 21.9. The van der Waals surface area contributed by atoms with Crippen LogP contribution < -0.4 is 0 Å². The third-order valence-corrected chi connectivity index (χ3v) is 8.82. The molecular formula is C24H51BrN2O3Si. The number of rotatable bonds is 21. The van der Waals surface area contributed by atoms with Crippen molar-refractivity contribution in [1.29, 1.82) is 0 Å². The average molecular weight is 524 g/mol. The van der Waals surface area contributed by atoms with Crippen LogP contribution in [0.5, 0.6) is 0 Å². The minimum Gasteiger partial charge on any atom is -0.374 e. The van der Waals surface area contributed by atoms with Gasteiger partial charge in [-0.05, 0) is 33.6 Å². The molecule has 0 aliphatic carbocycles. The first kappa shape index (κ1) is 30.9. The lowest BCUT2D eigenvalue weighted by Crippen LogP contribution is -2.46. The molecule has 0 saturated carbocycles. The molecule has 0 N–H and O–H groups in total. The molecule has 0 saturated heterocycles. The molecule has 0 aromatic rings. The monoisotopic (exact) mass is 522 g/mol. The van der Waals surface area contributed by atoms with Gasteiger partial charge >= 0.3 is 8.80 Å². The van der Waals surface area contributed by atoms with Crippen LogP contribution in [0.4, 0.5) is 0 Å². The van der Waals surface area contributed by atoms with E-state index in [2.05, 4.69) is 29.1 Å². The van der Waals surface area contributed by atoms with E-state index in [-0.39, 0.29) is 17.0 Å². The average Bonchev–Trinajstić information content (AvgIpc) is 3.17. The number of nitrogens with zero attached hydrogens (tertiary/aromatic N) is 2. The van der Waals surface area contributed by atoms with Crippen molar-refractivity contribution in [1.82, 2.24) is 9.80 Å². The maximum absolute atomic E-state index is 5.96. The van der Waals surface area contributed by atoms with E-state index in [1.165, 1.54) is 70.8 Å². The molecule has 1 aliphatic rings. The van der Waals surface area contributed by atoms with Crippen molar-refractivity contribution in [3.8, 4) is 0 Å². The largest absolute Gasteiger partial charge is 0.500 e. The SMILES string of the molecule is Br.CCCCCCCCCCCCN1C=CN(CCC[Si](OCC)(OCC)OCC)C1. The van der Waals surface area contributed by atoms with E-state index in [4.69, 9.17) is 13.3 Å². The van der Waals surface area contributed by atoms with Gasteiger partial charge in [-0.1, -0.05) is 64.7 Å². The Kier molecular flexibility index (Phi) is 20.5. The maximum atomic E-state index is 5.96. The van der Waals surface area contributed by atoms with Crippen LogP contribution in [0.2, 0.25) is 6.04 Å². The number of hydrogen-bond acceptors (Lipinski definition) is 5. The van der Waals surface area contributed by atoms with E-state index >= 15 is 0 Å². The van der Waals surface area contributed by atoms with Crippen LogP contribution in [0.1, 0.15) is 98.3 Å². The van der Waals surface area contributed by atoms with Gasteiger partial charge in [0.05, 0.1) is 6.67 Å². The highest BCUT2D eigenvalue weighted by atomic mass is 79.9. The van der Waals surface area contributed by atoms with E-state index in [0.717, 1.165) is 25.7 Å². The van der Waals surface area contributed by atoms with Crippen molar-refractivity contribution >= 4 is 25.8 Å². The quantitative estimate of drug-likeness (QED) is 0.120. The Morgan fingerprint density at radius 3 is 1.48 bits per heavy atom.